The Kier molecular flexibility index (Phi) is 6.15. The summed E-state index contributed by atoms with van der Waals surface area (Å²) in [6.07, 6.45) is 0.219. The predicted molar refractivity (Wildman–Crippen MR) is 81.5 cm³/mol. The van der Waals surface area contributed by atoms with Crippen molar-refractivity contribution in [2.45, 2.75) is 46.8 Å². The number of urea groups is 1. The van der Waals surface area contributed by atoms with Gasteiger partial charge in [0.25, 0.3) is 0 Å². The second-order valence-corrected chi connectivity index (χ2v) is 6.34. The lowest BCUT2D eigenvalue weighted by atomic mass is 9.87. The summed E-state index contributed by atoms with van der Waals surface area (Å²) in [7, 11) is 0. The molecule has 0 saturated heterocycles. The number of rotatable bonds is 6. The van der Waals surface area contributed by atoms with Crippen LogP contribution in [0.25, 0.3) is 0 Å². The minimum Gasteiger partial charge on any atom is -0.393 e. The molecule has 0 radical (unpaired) electrons. The molecule has 5 heteroatoms. The van der Waals surface area contributed by atoms with Crippen LogP contribution in [-0.2, 0) is 6.54 Å². The summed E-state index contributed by atoms with van der Waals surface area (Å²) in [5.74, 6) is -0.247. The van der Waals surface area contributed by atoms with Crippen LogP contribution in [-0.4, -0.2) is 23.8 Å². The smallest absolute Gasteiger partial charge is 0.315 e. The van der Waals surface area contributed by atoms with E-state index in [2.05, 4.69) is 10.6 Å². The van der Waals surface area contributed by atoms with Gasteiger partial charge in [0.2, 0.25) is 0 Å². The molecule has 118 valence electrons. The van der Waals surface area contributed by atoms with Crippen molar-refractivity contribution in [2.24, 2.45) is 5.41 Å². The van der Waals surface area contributed by atoms with Gasteiger partial charge in [-0.15, -0.1) is 0 Å². The van der Waals surface area contributed by atoms with Crippen LogP contribution in [0.2, 0.25) is 0 Å². The van der Waals surface area contributed by atoms with Gasteiger partial charge in [-0.1, -0.05) is 26.0 Å². The summed E-state index contributed by atoms with van der Waals surface area (Å²) in [6.45, 7) is 8.23. The molecule has 0 fully saturated rings. The molecule has 0 saturated carbocycles. The van der Waals surface area contributed by atoms with Crippen molar-refractivity contribution in [3.63, 3.8) is 0 Å². The van der Waals surface area contributed by atoms with Gasteiger partial charge >= 0.3 is 6.03 Å². The highest BCUT2D eigenvalue weighted by atomic mass is 19.1. The fraction of sp³-hybridized carbons (Fsp3) is 0.562. The number of nitrogens with one attached hydrogen (secondary N) is 2. The average molecular weight is 296 g/mol. The van der Waals surface area contributed by atoms with E-state index in [0.29, 0.717) is 25.1 Å². The number of hydrogen-bond donors (Lipinski definition) is 3. The molecule has 4 nitrogen and oxygen atoms in total. The largest absolute Gasteiger partial charge is 0.393 e. The minimum absolute atomic E-state index is 0.169. The molecule has 1 rings (SSSR count). The molecular formula is C16H25FN2O2. The van der Waals surface area contributed by atoms with E-state index in [1.807, 2.05) is 13.8 Å². The van der Waals surface area contributed by atoms with Gasteiger partial charge in [-0.3, -0.25) is 0 Å². The number of aliphatic hydroxyl groups is 1. The zero-order chi connectivity index (χ0) is 16.0. The lowest BCUT2D eigenvalue weighted by Gasteiger charge is -2.26. The molecule has 1 aromatic rings. The van der Waals surface area contributed by atoms with E-state index in [-0.39, 0.29) is 17.3 Å². The van der Waals surface area contributed by atoms with E-state index >= 15 is 0 Å². The van der Waals surface area contributed by atoms with E-state index in [4.69, 9.17) is 0 Å². The molecule has 0 spiro atoms. The highest BCUT2D eigenvalue weighted by Crippen LogP contribution is 2.20. The standard InChI is InChI=1S/C16H25FN2O2/c1-11-7-13(5-6-14(11)17)9-18-15(21)19-10-16(3,4)8-12(2)20/h5-7,12,20H,8-10H2,1-4H3,(H2,18,19,21). The zero-order valence-electron chi connectivity index (χ0n) is 13.2. The van der Waals surface area contributed by atoms with E-state index < -0.39 is 6.10 Å². The second kappa shape index (κ2) is 7.41. The van der Waals surface area contributed by atoms with Crippen LogP contribution in [0.3, 0.4) is 0 Å². The van der Waals surface area contributed by atoms with Crippen molar-refractivity contribution in [3.05, 3.63) is 35.1 Å². The highest BCUT2D eigenvalue weighted by Gasteiger charge is 2.20. The number of benzene rings is 1. The van der Waals surface area contributed by atoms with Gasteiger partial charge in [-0.05, 0) is 42.9 Å². The first-order valence-electron chi connectivity index (χ1n) is 7.14. The van der Waals surface area contributed by atoms with E-state index in [0.717, 1.165) is 5.56 Å². The Morgan fingerprint density at radius 2 is 2.05 bits per heavy atom. The lowest BCUT2D eigenvalue weighted by molar-refractivity contribution is 0.129. The number of amides is 2. The van der Waals surface area contributed by atoms with Crippen molar-refractivity contribution < 1.29 is 14.3 Å². The van der Waals surface area contributed by atoms with Crippen LogP contribution in [0.1, 0.15) is 38.3 Å². The number of halogens is 1. The van der Waals surface area contributed by atoms with Crippen LogP contribution in [0, 0.1) is 18.2 Å². The van der Waals surface area contributed by atoms with Gasteiger partial charge in [-0.2, -0.15) is 0 Å². The fourth-order valence-electron chi connectivity index (χ4n) is 2.25. The topological polar surface area (TPSA) is 61.4 Å². The molecule has 0 aliphatic rings. The predicted octanol–water partition coefficient (Wildman–Crippen LogP) is 2.73. The second-order valence-electron chi connectivity index (χ2n) is 6.34. The Labute approximate surface area is 125 Å². The van der Waals surface area contributed by atoms with Gasteiger partial charge < -0.3 is 15.7 Å². The molecule has 0 aromatic heterocycles. The first kappa shape index (κ1) is 17.4. The minimum atomic E-state index is -0.396. The number of carbonyl (C=O) groups excluding carboxylic acids is 1. The number of aryl methyl sites for hydroxylation is 1. The molecule has 3 N–H and O–H groups in total. The first-order chi connectivity index (χ1) is 9.69. The highest BCUT2D eigenvalue weighted by molar-refractivity contribution is 5.73. The monoisotopic (exact) mass is 296 g/mol. The Hall–Kier alpha value is -1.62. The molecular weight excluding hydrogens is 271 g/mol. The van der Waals surface area contributed by atoms with Crippen LogP contribution < -0.4 is 10.6 Å². The van der Waals surface area contributed by atoms with Crippen LogP contribution in [0.5, 0.6) is 0 Å². The van der Waals surface area contributed by atoms with E-state index in [9.17, 15) is 14.3 Å². The summed E-state index contributed by atoms with van der Waals surface area (Å²) in [6, 6.07) is 4.50. The third-order valence-electron chi connectivity index (χ3n) is 3.25. The number of aliphatic hydroxyl groups excluding tert-OH is 1. The van der Waals surface area contributed by atoms with Crippen molar-refractivity contribution in [2.75, 3.05) is 6.54 Å². The number of hydrogen-bond acceptors (Lipinski definition) is 2. The summed E-state index contributed by atoms with van der Waals surface area (Å²) in [4.78, 5) is 11.7. The summed E-state index contributed by atoms with van der Waals surface area (Å²) < 4.78 is 13.1. The third kappa shape index (κ3) is 6.58. The summed E-state index contributed by atoms with van der Waals surface area (Å²) in [5.41, 5.74) is 1.25. The van der Waals surface area contributed by atoms with Crippen molar-refractivity contribution in [3.8, 4) is 0 Å². The molecule has 0 aliphatic carbocycles. The van der Waals surface area contributed by atoms with Gasteiger partial charge in [0.1, 0.15) is 5.82 Å². The van der Waals surface area contributed by atoms with Crippen LogP contribution in [0.15, 0.2) is 18.2 Å². The third-order valence-corrected chi connectivity index (χ3v) is 3.25. The molecule has 0 aliphatic heterocycles. The Bertz CT molecular complexity index is 487. The summed E-state index contributed by atoms with van der Waals surface area (Å²) >= 11 is 0. The Morgan fingerprint density at radius 3 is 2.62 bits per heavy atom. The van der Waals surface area contributed by atoms with Crippen molar-refractivity contribution in [1.29, 1.82) is 0 Å². The lowest BCUT2D eigenvalue weighted by Crippen LogP contribution is -2.41. The average Bonchev–Trinajstić information content (AvgIpc) is 2.36. The Morgan fingerprint density at radius 1 is 1.38 bits per heavy atom. The quantitative estimate of drug-likeness (QED) is 0.756. The van der Waals surface area contributed by atoms with Gasteiger partial charge in [0, 0.05) is 13.1 Å². The summed E-state index contributed by atoms with van der Waals surface area (Å²) in [5, 5.41) is 14.9. The molecule has 1 aromatic carbocycles. The maximum atomic E-state index is 13.1. The van der Waals surface area contributed by atoms with Crippen molar-refractivity contribution in [1.82, 2.24) is 10.6 Å². The van der Waals surface area contributed by atoms with Gasteiger partial charge in [-0.25, -0.2) is 9.18 Å². The number of carbonyl (C=O) groups is 1. The first-order valence-corrected chi connectivity index (χ1v) is 7.14. The fourth-order valence-corrected chi connectivity index (χ4v) is 2.25. The normalized spacial score (nSPS) is 12.9. The van der Waals surface area contributed by atoms with E-state index in [1.54, 1.807) is 26.0 Å². The van der Waals surface area contributed by atoms with E-state index in [1.165, 1.54) is 6.07 Å². The Balaban J connectivity index is 2.39. The van der Waals surface area contributed by atoms with Crippen LogP contribution >= 0.6 is 0 Å². The van der Waals surface area contributed by atoms with Crippen LogP contribution in [0.4, 0.5) is 9.18 Å². The SMILES string of the molecule is Cc1cc(CNC(=O)NCC(C)(C)CC(C)O)ccc1F. The van der Waals surface area contributed by atoms with Crippen molar-refractivity contribution >= 4 is 6.03 Å². The molecule has 1 atom stereocenters. The van der Waals surface area contributed by atoms with Gasteiger partial charge in [0.05, 0.1) is 6.10 Å². The molecule has 2 amide bonds. The zero-order valence-corrected chi connectivity index (χ0v) is 13.2. The molecule has 0 bridgehead atoms. The maximum absolute atomic E-state index is 13.1. The van der Waals surface area contributed by atoms with Gasteiger partial charge in [0.15, 0.2) is 0 Å². The molecule has 1 unspecified atom stereocenters. The maximum Gasteiger partial charge on any atom is 0.315 e. The molecule has 21 heavy (non-hydrogen) atoms. The molecule has 0 heterocycles.